The Morgan fingerprint density at radius 3 is 2.67 bits per heavy atom. The number of carbonyl (C=O) groups is 1. The molecule has 0 saturated heterocycles. The van der Waals surface area contributed by atoms with E-state index in [9.17, 15) is 23.2 Å². The van der Waals surface area contributed by atoms with E-state index in [0.717, 1.165) is 33.4 Å². The molecule has 1 N–H and O–H groups in total. The van der Waals surface area contributed by atoms with Gasteiger partial charge >= 0.3 is 6.18 Å². The molecule has 1 aliphatic heterocycles. The standard InChI is InChI=1S/C26H25F3N2O2/c1-16-4-6-20(17(2)12-16)21-14-25(31-24(32)22(21)15-30)10-8-18-13-19(5-7-23(18)25)33-11-3-9-26(27,28)29/h4-7,12-13H,3,8-11,14H2,1-2H3,(H,31,32). The summed E-state index contributed by atoms with van der Waals surface area (Å²) in [6, 6.07) is 13.6. The molecule has 0 fully saturated rings. The van der Waals surface area contributed by atoms with Gasteiger partial charge in [0.2, 0.25) is 0 Å². The summed E-state index contributed by atoms with van der Waals surface area (Å²) in [6.45, 7) is 3.97. The Kier molecular flexibility index (Phi) is 5.96. The Bertz CT molecular complexity index is 1180. The van der Waals surface area contributed by atoms with Crippen molar-refractivity contribution < 1.29 is 22.7 Å². The lowest BCUT2D eigenvalue weighted by Crippen LogP contribution is -2.48. The number of alkyl halides is 3. The first-order valence-electron chi connectivity index (χ1n) is 11.0. The van der Waals surface area contributed by atoms with Gasteiger partial charge < -0.3 is 10.1 Å². The van der Waals surface area contributed by atoms with Gasteiger partial charge in [-0.15, -0.1) is 0 Å². The molecule has 0 saturated carbocycles. The predicted molar refractivity (Wildman–Crippen MR) is 118 cm³/mol. The van der Waals surface area contributed by atoms with Gasteiger partial charge in [0.25, 0.3) is 5.91 Å². The molecule has 1 atom stereocenters. The molecule has 0 aromatic heterocycles. The van der Waals surface area contributed by atoms with E-state index < -0.39 is 18.1 Å². The molecule has 2 aromatic rings. The van der Waals surface area contributed by atoms with Crippen LogP contribution in [0.1, 0.15) is 53.5 Å². The zero-order chi connectivity index (χ0) is 23.8. The Hall–Kier alpha value is -3.27. The first-order chi connectivity index (χ1) is 15.6. The van der Waals surface area contributed by atoms with Crippen LogP contribution in [0.15, 0.2) is 42.0 Å². The summed E-state index contributed by atoms with van der Waals surface area (Å²) in [4.78, 5) is 13.0. The Morgan fingerprint density at radius 1 is 1.18 bits per heavy atom. The number of nitrogens with zero attached hydrogens (tertiary/aromatic N) is 1. The number of nitriles is 1. The monoisotopic (exact) mass is 454 g/mol. The second-order valence-corrected chi connectivity index (χ2v) is 8.88. The second kappa shape index (κ2) is 8.58. The van der Waals surface area contributed by atoms with Gasteiger partial charge in [0, 0.05) is 12.8 Å². The van der Waals surface area contributed by atoms with Gasteiger partial charge in [-0.25, -0.2) is 0 Å². The van der Waals surface area contributed by atoms with Crippen LogP contribution in [0.3, 0.4) is 0 Å². The lowest BCUT2D eigenvalue weighted by atomic mass is 9.77. The number of amides is 1. The highest BCUT2D eigenvalue weighted by Crippen LogP contribution is 2.47. The van der Waals surface area contributed by atoms with Crippen molar-refractivity contribution in [3.8, 4) is 11.8 Å². The molecule has 172 valence electrons. The van der Waals surface area contributed by atoms with Crippen molar-refractivity contribution in [1.82, 2.24) is 5.32 Å². The highest BCUT2D eigenvalue weighted by Gasteiger charge is 2.45. The van der Waals surface area contributed by atoms with E-state index in [-0.39, 0.29) is 24.5 Å². The lowest BCUT2D eigenvalue weighted by molar-refractivity contribution is -0.136. The molecule has 0 bridgehead atoms. The Balaban J connectivity index is 1.60. The third kappa shape index (κ3) is 4.61. The molecule has 4 rings (SSSR count). The molecular weight excluding hydrogens is 429 g/mol. The molecule has 1 unspecified atom stereocenters. The maximum Gasteiger partial charge on any atom is 0.389 e. The molecule has 0 radical (unpaired) electrons. The fourth-order valence-corrected chi connectivity index (χ4v) is 4.94. The average Bonchev–Trinajstić information content (AvgIpc) is 3.07. The molecule has 7 heteroatoms. The Morgan fingerprint density at radius 2 is 1.97 bits per heavy atom. The van der Waals surface area contributed by atoms with Crippen LogP contribution in [0, 0.1) is 25.2 Å². The highest BCUT2D eigenvalue weighted by atomic mass is 19.4. The van der Waals surface area contributed by atoms with E-state index in [1.807, 2.05) is 44.2 Å². The first kappa shape index (κ1) is 22.9. The summed E-state index contributed by atoms with van der Waals surface area (Å²) in [5.41, 5.74) is 5.28. The molecule has 2 aliphatic rings. The average molecular weight is 454 g/mol. The van der Waals surface area contributed by atoms with Gasteiger partial charge in [0.05, 0.1) is 12.1 Å². The Labute approximate surface area is 191 Å². The van der Waals surface area contributed by atoms with Gasteiger partial charge in [0.1, 0.15) is 17.4 Å². The van der Waals surface area contributed by atoms with Gasteiger partial charge in [-0.1, -0.05) is 29.8 Å². The topological polar surface area (TPSA) is 62.1 Å². The number of hydrogen-bond acceptors (Lipinski definition) is 3. The predicted octanol–water partition coefficient (Wildman–Crippen LogP) is 5.66. The fourth-order valence-electron chi connectivity index (χ4n) is 4.94. The van der Waals surface area contributed by atoms with Crippen LogP contribution in [0.5, 0.6) is 5.75 Å². The van der Waals surface area contributed by atoms with E-state index in [0.29, 0.717) is 25.0 Å². The number of benzene rings is 2. The minimum absolute atomic E-state index is 0.00864. The summed E-state index contributed by atoms with van der Waals surface area (Å²) >= 11 is 0. The van der Waals surface area contributed by atoms with Crippen LogP contribution in [-0.4, -0.2) is 18.7 Å². The number of ether oxygens (including phenoxy) is 1. The molecule has 1 heterocycles. The number of rotatable bonds is 5. The molecule has 2 aromatic carbocycles. The maximum atomic E-state index is 13.0. The van der Waals surface area contributed by atoms with Gasteiger partial charge in [-0.3, -0.25) is 4.79 Å². The van der Waals surface area contributed by atoms with Crippen LogP contribution >= 0.6 is 0 Å². The number of nitrogens with one attached hydrogen (secondary N) is 1. The molecule has 1 amide bonds. The van der Waals surface area contributed by atoms with Crippen LogP contribution in [0.25, 0.3) is 5.57 Å². The minimum Gasteiger partial charge on any atom is -0.494 e. The zero-order valence-electron chi connectivity index (χ0n) is 18.6. The first-order valence-corrected chi connectivity index (χ1v) is 11.0. The highest BCUT2D eigenvalue weighted by molar-refractivity contribution is 6.07. The van der Waals surface area contributed by atoms with E-state index in [4.69, 9.17) is 4.74 Å². The molecule has 1 aliphatic carbocycles. The number of carbonyl (C=O) groups excluding carboxylic acids is 1. The maximum absolute atomic E-state index is 13.0. The van der Waals surface area contributed by atoms with Crippen molar-refractivity contribution in [3.63, 3.8) is 0 Å². The number of aryl methyl sites for hydroxylation is 3. The smallest absolute Gasteiger partial charge is 0.389 e. The molecule has 4 nitrogen and oxygen atoms in total. The summed E-state index contributed by atoms with van der Waals surface area (Å²) in [7, 11) is 0. The van der Waals surface area contributed by atoms with E-state index in [1.54, 1.807) is 6.07 Å². The van der Waals surface area contributed by atoms with Crippen molar-refractivity contribution in [1.29, 1.82) is 5.26 Å². The molecule has 1 spiro atoms. The minimum atomic E-state index is -4.18. The van der Waals surface area contributed by atoms with Crippen molar-refractivity contribution >= 4 is 11.5 Å². The van der Waals surface area contributed by atoms with Crippen LogP contribution in [0.4, 0.5) is 13.2 Å². The van der Waals surface area contributed by atoms with Crippen LogP contribution in [0.2, 0.25) is 0 Å². The van der Waals surface area contributed by atoms with Crippen molar-refractivity contribution in [2.24, 2.45) is 0 Å². The van der Waals surface area contributed by atoms with Crippen molar-refractivity contribution in [2.75, 3.05) is 6.61 Å². The third-order valence-electron chi connectivity index (χ3n) is 6.47. The summed E-state index contributed by atoms with van der Waals surface area (Å²) < 4.78 is 42.5. The van der Waals surface area contributed by atoms with Gasteiger partial charge in [0.15, 0.2) is 0 Å². The van der Waals surface area contributed by atoms with Gasteiger partial charge in [-0.2, -0.15) is 18.4 Å². The largest absolute Gasteiger partial charge is 0.494 e. The summed E-state index contributed by atoms with van der Waals surface area (Å²) in [5, 5.41) is 12.8. The SMILES string of the molecule is Cc1ccc(C2=C(C#N)C(=O)NC3(CCc4cc(OCCCC(F)(F)F)ccc43)C2)c(C)c1. The lowest BCUT2D eigenvalue weighted by Gasteiger charge is -2.37. The van der Waals surface area contributed by atoms with Gasteiger partial charge in [-0.05, 0) is 73.1 Å². The van der Waals surface area contributed by atoms with E-state index in [1.165, 1.54) is 0 Å². The number of hydrogen-bond donors (Lipinski definition) is 1. The van der Waals surface area contributed by atoms with Crippen LogP contribution in [-0.2, 0) is 16.8 Å². The van der Waals surface area contributed by atoms with Crippen molar-refractivity contribution in [3.05, 3.63) is 69.8 Å². The quantitative estimate of drug-likeness (QED) is 0.593. The van der Waals surface area contributed by atoms with Crippen LogP contribution < -0.4 is 10.1 Å². The van der Waals surface area contributed by atoms with E-state index >= 15 is 0 Å². The molecule has 33 heavy (non-hydrogen) atoms. The summed E-state index contributed by atoms with van der Waals surface area (Å²) in [6.07, 6.45) is -3.26. The third-order valence-corrected chi connectivity index (χ3v) is 6.47. The number of halogens is 3. The summed E-state index contributed by atoms with van der Waals surface area (Å²) in [5.74, 6) is 0.150. The van der Waals surface area contributed by atoms with Crippen molar-refractivity contribution in [2.45, 2.75) is 57.7 Å². The normalized spacial score (nSPS) is 19.9. The fraction of sp³-hybridized carbons (Fsp3) is 0.385. The van der Waals surface area contributed by atoms with E-state index in [2.05, 4.69) is 11.4 Å². The molecular formula is C26H25F3N2O2. The second-order valence-electron chi connectivity index (χ2n) is 8.88. The zero-order valence-corrected chi connectivity index (χ0v) is 18.6. The number of fused-ring (bicyclic) bond motifs is 2.